The van der Waals surface area contributed by atoms with Gasteiger partial charge in [0, 0.05) is 17.1 Å². The minimum atomic E-state index is 0.200. The number of thiazole rings is 1. The SMILES string of the molecule is CC(C)CCCC(N)c1cncs1. The predicted octanol–water partition coefficient (Wildman–Crippen LogP) is 2.97. The molecule has 0 radical (unpaired) electrons. The molecule has 0 saturated heterocycles. The lowest BCUT2D eigenvalue weighted by molar-refractivity contribution is 0.508. The molecule has 3 heteroatoms. The lowest BCUT2D eigenvalue weighted by atomic mass is 10.0. The number of aromatic nitrogens is 1. The molecule has 0 aliphatic carbocycles. The molecule has 13 heavy (non-hydrogen) atoms. The van der Waals surface area contributed by atoms with E-state index in [9.17, 15) is 0 Å². The van der Waals surface area contributed by atoms with E-state index < -0.39 is 0 Å². The van der Waals surface area contributed by atoms with Crippen molar-refractivity contribution >= 4 is 11.3 Å². The second kappa shape index (κ2) is 5.35. The Morgan fingerprint density at radius 1 is 1.46 bits per heavy atom. The van der Waals surface area contributed by atoms with Crippen molar-refractivity contribution in [3.63, 3.8) is 0 Å². The number of nitrogens with zero attached hydrogens (tertiary/aromatic N) is 1. The molecule has 0 aromatic carbocycles. The molecule has 74 valence electrons. The van der Waals surface area contributed by atoms with Crippen LogP contribution in [0.15, 0.2) is 11.7 Å². The van der Waals surface area contributed by atoms with Gasteiger partial charge in [-0.2, -0.15) is 0 Å². The first-order valence-corrected chi connectivity index (χ1v) is 5.72. The molecule has 1 aromatic rings. The van der Waals surface area contributed by atoms with Crippen LogP contribution in [-0.2, 0) is 0 Å². The van der Waals surface area contributed by atoms with Crippen LogP contribution in [0, 0.1) is 5.92 Å². The second-order valence-electron chi connectivity index (χ2n) is 3.84. The fourth-order valence-corrected chi connectivity index (χ4v) is 1.95. The summed E-state index contributed by atoms with van der Waals surface area (Å²) in [6.45, 7) is 4.50. The van der Waals surface area contributed by atoms with Crippen LogP contribution in [0.2, 0.25) is 0 Å². The van der Waals surface area contributed by atoms with Crippen LogP contribution in [-0.4, -0.2) is 4.98 Å². The smallest absolute Gasteiger partial charge is 0.0794 e. The highest BCUT2D eigenvalue weighted by molar-refractivity contribution is 7.09. The maximum absolute atomic E-state index is 6.00. The highest BCUT2D eigenvalue weighted by Crippen LogP contribution is 2.20. The molecule has 0 aliphatic rings. The van der Waals surface area contributed by atoms with E-state index in [2.05, 4.69) is 18.8 Å². The molecular weight excluding hydrogens is 180 g/mol. The van der Waals surface area contributed by atoms with E-state index in [0.717, 1.165) is 12.3 Å². The molecule has 2 N–H and O–H groups in total. The molecule has 0 bridgehead atoms. The van der Waals surface area contributed by atoms with Crippen molar-refractivity contribution in [2.75, 3.05) is 0 Å². The van der Waals surface area contributed by atoms with Crippen LogP contribution < -0.4 is 5.73 Å². The third kappa shape index (κ3) is 3.87. The fraction of sp³-hybridized carbons (Fsp3) is 0.700. The second-order valence-corrected chi connectivity index (χ2v) is 4.75. The molecule has 0 saturated carbocycles. The highest BCUT2D eigenvalue weighted by Gasteiger charge is 2.07. The molecular formula is C10H18N2S. The fourth-order valence-electron chi connectivity index (χ4n) is 1.30. The van der Waals surface area contributed by atoms with E-state index in [1.807, 2.05) is 11.7 Å². The Kier molecular flexibility index (Phi) is 4.39. The zero-order valence-electron chi connectivity index (χ0n) is 8.36. The van der Waals surface area contributed by atoms with Gasteiger partial charge in [0.15, 0.2) is 0 Å². The first kappa shape index (κ1) is 10.7. The van der Waals surface area contributed by atoms with Crippen molar-refractivity contribution in [1.29, 1.82) is 0 Å². The van der Waals surface area contributed by atoms with Crippen LogP contribution in [0.3, 0.4) is 0 Å². The third-order valence-corrected chi connectivity index (χ3v) is 3.02. The Bertz CT molecular complexity index is 219. The first-order valence-electron chi connectivity index (χ1n) is 4.84. The van der Waals surface area contributed by atoms with Crippen molar-refractivity contribution in [2.24, 2.45) is 11.7 Å². The average Bonchev–Trinajstić information content (AvgIpc) is 2.55. The zero-order valence-corrected chi connectivity index (χ0v) is 9.18. The Balaban J connectivity index is 2.22. The van der Waals surface area contributed by atoms with Gasteiger partial charge < -0.3 is 5.73 Å². The van der Waals surface area contributed by atoms with E-state index in [4.69, 9.17) is 5.73 Å². The Morgan fingerprint density at radius 2 is 2.23 bits per heavy atom. The van der Waals surface area contributed by atoms with Gasteiger partial charge >= 0.3 is 0 Å². The van der Waals surface area contributed by atoms with E-state index in [-0.39, 0.29) is 6.04 Å². The van der Waals surface area contributed by atoms with E-state index >= 15 is 0 Å². The Hall–Kier alpha value is -0.410. The minimum Gasteiger partial charge on any atom is -0.323 e. The van der Waals surface area contributed by atoms with E-state index in [1.54, 1.807) is 11.3 Å². The van der Waals surface area contributed by atoms with Gasteiger partial charge in [0.2, 0.25) is 0 Å². The van der Waals surface area contributed by atoms with Crippen LogP contribution in [0.25, 0.3) is 0 Å². The van der Waals surface area contributed by atoms with Crippen molar-refractivity contribution in [1.82, 2.24) is 4.98 Å². The van der Waals surface area contributed by atoms with Crippen molar-refractivity contribution in [2.45, 2.75) is 39.2 Å². The summed E-state index contributed by atoms with van der Waals surface area (Å²) < 4.78 is 0. The summed E-state index contributed by atoms with van der Waals surface area (Å²) in [6.07, 6.45) is 5.45. The van der Waals surface area contributed by atoms with Gasteiger partial charge in [0.25, 0.3) is 0 Å². The minimum absolute atomic E-state index is 0.200. The quantitative estimate of drug-likeness (QED) is 0.790. The average molecular weight is 198 g/mol. The maximum atomic E-state index is 6.00. The van der Waals surface area contributed by atoms with Crippen LogP contribution in [0.5, 0.6) is 0 Å². The monoisotopic (exact) mass is 198 g/mol. The maximum Gasteiger partial charge on any atom is 0.0794 e. The van der Waals surface area contributed by atoms with E-state index in [1.165, 1.54) is 17.7 Å². The largest absolute Gasteiger partial charge is 0.323 e. The molecule has 1 aromatic heterocycles. The summed E-state index contributed by atoms with van der Waals surface area (Å²) >= 11 is 1.65. The van der Waals surface area contributed by atoms with Crippen molar-refractivity contribution < 1.29 is 0 Å². The molecule has 0 spiro atoms. The van der Waals surface area contributed by atoms with Crippen molar-refractivity contribution in [3.8, 4) is 0 Å². The van der Waals surface area contributed by atoms with Gasteiger partial charge in [-0.15, -0.1) is 11.3 Å². The topological polar surface area (TPSA) is 38.9 Å². The highest BCUT2D eigenvalue weighted by atomic mass is 32.1. The summed E-state index contributed by atoms with van der Waals surface area (Å²) in [5.41, 5.74) is 7.84. The number of rotatable bonds is 5. The molecule has 0 fully saturated rings. The van der Waals surface area contributed by atoms with Gasteiger partial charge in [0.05, 0.1) is 5.51 Å². The Labute approximate surface area is 84.2 Å². The molecule has 1 atom stereocenters. The number of hydrogen-bond donors (Lipinski definition) is 1. The van der Waals surface area contributed by atoms with Crippen LogP contribution in [0.1, 0.15) is 44.0 Å². The lowest BCUT2D eigenvalue weighted by Crippen LogP contribution is -2.08. The van der Waals surface area contributed by atoms with Gasteiger partial charge in [-0.25, -0.2) is 0 Å². The molecule has 1 heterocycles. The zero-order chi connectivity index (χ0) is 9.68. The lowest BCUT2D eigenvalue weighted by Gasteiger charge is -2.09. The molecule has 0 aliphatic heterocycles. The summed E-state index contributed by atoms with van der Waals surface area (Å²) in [5.74, 6) is 0.786. The van der Waals surface area contributed by atoms with Crippen LogP contribution in [0.4, 0.5) is 0 Å². The standard InChI is InChI=1S/C10H18N2S/c1-8(2)4-3-5-9(11)10-6-12-7-13-10/h6-9H,3-5,11H2,1-2H3. The van der Waals surface area contributed by atoms with Gasteiger partial charge in [-0.1, -0.05) is 26.7 Å². The molecule has 2 nitrogen and oxygen atoms in total. The Morgan fingerprint density at radius 3 is 2.77 bits per heavy atom. The van der Waals surface area contributed by atoms with Gasteiger partial charge in [0.1, 0.15) is 0 Å². The molecule has 1 rings (SSSR count). The summed E-state index contributed by atoms with van der Waals surface area (Å²) in [7, 11) is 0. The van der Waals surface area contributed by atoms with E-state index in [0.29, 0.717) is 0 Å². The number of nitrogens with two attached hydrogens (primary N) is 1. The van der Waals surface area contributed by atoms with Crippen molar-refractivity contribution in [3.05, 3.63) is 16.6 Å². The van der Waals surface area contributed by atoms with Crippen LogP contribution >= 0.6 is 11.3 Å². The summed E-state index contributed by atoms with van der Waals surface area (Å²) in [6, 6.07) is 0.200. The van der Waals surface area contributed by atoms with Gasteiger partial charge in [-0.3, -0.25) is 4.98 Å². The summed E-state index contributed by atoms with van der Waals surface area (Å²) in [5, 5.41) is 0. The predicted molar refractivity (Wildman–Crippen MR) is 57.7 cm³/mol. The molecule has 1 unspecified atom stereocenters. The normalized spacial score (nSPS) is 13.5. The third-order valence-electron chi connectivity index (χ3n) is 2.11. The molecule has 0 amide bonds. The number of hydrogen-bond acceptors (Lipinski definition) is 3. The summed E-state index contributed by atoms with van der Waals surface area (Å²) in [4.78, 5) is 5.24. The van der Waals surface area contributed by atoms with Gasteiger partial charge in [-0.05, 0) is 12.3 Å². The first-order chi connectivity index (χ1) is 6.20.